The maximum Gasteiger partial charge on any atom is 0.336 e. The highest BCUT2D eigenvalue weighted by Gasteiger charge is 2.58. The number of methoxy groups -OCH3 is 1. The fourth-order valence-corrected chi connectivity index (χ4v) is 7.03. The summed E-state index contributed by atoms with van der Waals surface area (Å²) in [5, 5.41) is 2.64. The molecule has 5 saturated carbocycles. The number of benzene rings is 1. The minimum Gasteiger partial charge on any atom is -0.493 e. The van der Waals surface area contributed by atoms with Crippen LogP contribution in [0.4, 0.5) is 4.39 Å². The zero-order chi connectivity index (χ0) is 22.1. The van der Waals surface area contributed by atoms with Crippen molar-refractivity contribution in [1.82, 2.24) is 5.32 Å². The van der Waals surface area contributed by atoms with Crippen LogP contribution in [0.25, 0.3) is 0 Å². The summed E-state index contributed by atoms with van der Waals surface area (Å²) in [4.78, 5) is 25.0. The SMILES string of the molecule is COC(=O)C1(NC(=O)c2cc(C3CC3)c(OCC34CC5CC(CC3C5)C4)cc2F)COC1. The van der Waals surface area contributed by atoms with Crippen LogP contribution in [-0.4, -0.2) is 44.3 Å². The van der Waals surface area contributed by atoms with Crippen molar-refractivity contribution < 1.29 is 28.2 Å². The smallest absolute Gasteiger partial charge is 0.336 e. The molecule has 5 aliphatic carbocycles. The van der Waals surface area contributed by atoms with Crippen LogP contribution in [0, 0.1) is 29.0 Å². The number of nitrogens with one attached hydrogen (secondary N) is 1. The zero-order valence-electron chi connectivity index (χ0n) is 18.5. The number of hydrogen-bond acceptors (Lipinski definition) is 5. The van der Waals surface area contributed by atoms with Gasteiger partial charge in [0.2, 0.25) is 0 Å². The number of carbonyl (C=O) groups is 2. The summed E-state index contributed by atoms with van der Waals surface area (Å²) in [6.45, 7) is 0.696. The summed E-state index contributed by atoms with van der Waals surface area (Å²) in [5.74, 6) is 1.49. The molecule has 2 unspecified atom stereocenters. The Balaban J connectivity index is 1.22. The van der Waals surface area contributed by atoms with Crippen molar-refractivity contribution in [1.29, 1.82) is 0 Å². The Morgan fingerprint density at radius 1 is 1.16 bits per heavy atom. The van der Waals surface area contributed by atoms with E-state index in [1.165, 1.54) is 45.3 Å². The van der Waals surface area contributed by atoms with E-state index in [1.54, 1.807) is 6.07 Å². The first-order valence-corrected chi connectivity index (χ1v) is 11.9. The second kappa shape index (κ2) is 7.17. The van der Waals surface area contributed by atoms with Gasteiger partial charge < -0.3 is 19.5 Å². The van der Waals surface area contributed by atoms with Crippen molar-refractivity contribution in [3.8, 4) is 5.75 Å². The van der Waals surface area contributed by atoms with Gasteiger partial charge in [0.15, 0.2) is 5.54 Å². The Labute approximate surface area is 187 Å². The van der Waals surface area contributed by atoms with Gasteiger partial charge in [-0.1, -0.05) is 0 Å². The molecule has 6 aliphatic rings. The van der Waals surface area contributed by atoms with Crippen molar-refractivity contribution in [2.45, 2.75) is 56.4 Å². The van der Waals surface area contributed by atoms with E-state index < -0.39 is 23.2 Å². The van der Waals surface area contributed by atoms with Crippen molar-refractivity contribution in [3.63, 3.8) is 0 Å². The van der Waals surface area contributed by atoms with Gasteiger partial charge in [0.05, 0.1) is 32.5 Å². The molecule has 1 heterocycles. The first-order chi connectivity index (χ1) is 15.4. The fourth-order valence-electron chi connectivity index (χ4n) is 7.03. The second-order valence-corrected chi connectivity index (χ2v) is 10.9. The maximum absolute atomic E-state index is 15.1. The van der Waals surface area contributed by atoms with E-state index in [4.69, 9.17) is 14.2 Å². The van der Waals surface area contributed by atoms with E-state index in [-0.39, 0.29) is 24.2 Å². The van der Waals surface area contributed by atoms with E-state index in [1.807, 2.05) is 0 Å². The van der Waals surface area contributed by atoms with Gasteiger partial charge in [-0.25, -0.2) is 9.18 Å². The number of rotatable bonds is 7. The summed E-state index contributed by atoms with van der Waals surface area (Å²) >= 11 is 0. The minimum atomic E-state index is -1.24. The molecule has 1 saturated heterocycles. The van der Waals surface area contributed by atoms with Crippen LogP contribution in [0.2, 0.25) is 0 Å². The molecule has 32 heavy (non-hydrogen) atoms. The molecule has 172 valence electrons. The van der Waals surface area contributed by atoms with Crippen LogP contribution in [0.15, 0.2) is 12.1 Å². The number of carbonyl (C=O) groups excluding carboxylic acids is 2. The van der Waals surface area contributed by atoms with Gasteiger partial charge in [-0.2, -0.15) is 0 Å². The van der Waals surface area contributed by atoms with Crippen molar-refractivity contribution in [2.75, 3.05) is 26.9 Å². The van der Waals surface area contributed by atoms with Crippen LogP contribution >= 0.6 is 0 Å². The summed E-state index contributed by atoms with van der Waals surface area (Å²) in [5.41, 5.74) is -0.137. The van der Waals surface area contributed by atoms with Gasteiger partial charge in [0, 0.05) is 11.5 Å². The van der Waals surface area contributed by atoms with Gasteiger partial charge in [0.25, 0.3) is 5.91 Å². The van der Waals surface area contributed by atoms with Crippen LogP contribution in [-0.2, 0) is 14.3 Å². The summed E-state index contributed by atoms with van der Waals surface area (Å²) in [6, 6.07) is 3.00. The lowest BCUT2D eigenvalue weighted by Gasteiger charge is -2.38. The molecule has 7 heteroatoms. The maximum atomic E-state index is 15.1. The van der Waals surface area contributed by atoms with Crippen molar-refractivity contribution >= 4 is 11.9 Å². The molecular formula is C25H30FNO5. The molecule has 6 nitrogen and oxygen atoms in total. The molecule has 1 aliphatic heterocycles. The lowest BCUT2D eigenvalue weighted by Crippen LogP contribution is -2.67. The van der Waals surface area contributed by atoms with Crippen molar-refractivity contribution in [3.05, 3.63) is 29.1 Å². The number of amides is 1. The normalized spacial score (nSPS) is 33.6. The summed E-state index contributed by atoms with van der Waals surface area (Å²) < 4.78 is 31.3. The number of halogens is 1. The standard InChI is InChI=1S/C25H30FNO5/c1-30-23(29)25(12-31-13-25)27-22(28)19-7-18(16-2-3-16)21(8-20(19)26)32-11-24-9-14-4-15(10-24)6-17(24)5-14/h7-8,14-17H,2-6,9-13H2,1H3,(H,27,28). The predicted molar refractivity (Wildman–Crippen MR) is 113 cm³/mol. The van der Waals surface area contributed by atoms with Gasteiger partial charge in [-0.05, 0) is 80.2 Å². The Morgan fingerprint density at radius 3 is 2.47 bits per heavy atom. The van der Waals surface area contributed by atoms with Gasteiger partial charge >= 0.3 is 5.97 Å². The van der Waals surface area contributed by atoms with Gasteiger partial charge in [0.1, 0.15) is 11.6 Å². The third kappa shape index (κ3) is 3.15. The number of ether oxygens (including phenoxy) is 3. The quantitative estimate of drug-likeness (QED) is 0.652. The van der Waals surface area contributed by atoms with Crippen LogP contribution in [0.3, 0.4) is 0 Å². The number of esters is 1. The Hall–Kier alpha value is -2.15. The van der Waals surface area contributed by atoms with Gasteiger partial charge in [-0.3, -0.25) is 4.79 Å². The molecule has 2 atom stereocenters. The van der Waals surface area contributed by atoms with E-state index in [2.05, 4.69) is 5.32 Å². The predicted octanol–water partition coefficient (Wildman–Crippen LogP) is 3.58. The topological polar surface area (TPSA) is 73.9 Å². The summed E-state index contributed by atoms with van der Waals surface area (Å²) in [6.07, 6.45) is 8.55. The largest absolute Gasteiger partial charge is 0.493 e. The number of hydrogen-bond donors (Lipinski definition) is 1. The Morgan fingerprint density at radius 2 is 1.88 bits per heavy atom. The van der Waals surface area contributed by atoms with E-state index in [9.17, 15) is 9.59 Å². The molecule has 0 aromatic heterocycles. The highest BCUT2D eigenvalue weighted by molar-refractivity contribution is 5.99. The minimum absolute atomic E-state index is 0.0228. The van der Waals surface area contributed by atoms with Crippen LogP contribution in [0.5, 0.6) is 5.75 Å². The molecule has 0 spiro atoms. The molecule has 1 N–H and O–H groups in total. The average Bonchev–Trinajstić information content (AvgIpc) is 3.51. The molecule has 1 aromatic carbocycles. The molecule has 7 rings (SSSR count). The lowest BCUT2D eigenvalue weighted by molar-refractivity contribution is -0.168. The van der Waals surface area contributed by atoms with Gasteiger partial charge in [-0.15, -0.1) is 0 Å². The third-order valence-electron chi connectivity index (χ3n) is 8.66. The monoisotopic (exact) mass is 443 g/mol. The average molecular weight is 444 g/mol. The second-order valence-electron chi connectivity index (χ2n) is 10.9. The van der Waals surface area contributed by atoms with Crippen LogP contribution in [0.1, 0.15) is 66.8 Å². The highest BCUT2D eigenvalue weighted by atomic mass is 19.1. The third-order valence-corrected chi connectivity index (χ3v) is 8.66. The molecule has 0 radical (unpaired) electrons. The fraction of sp³-hybridized carbons (Fsp3) is 0.680. The highest BCUT2D eigenvalue weighted by Crippen LogP contribution is 2.65. The first-order valence-electron chi connectivity index (χ1n) is 11.9. The summed E-state index contributed by atoms with van der Waals surface area (Å²) in [7, 11) is 1.26. The van der Waals surface area contributed by atoms with E-state index >= 15 is 4.39 Å². The Kier molecular flexibility index (Phi) is 4.59. The van der Waals surface area contributed by atoms with E-state index in [0.29, 0.717) is 18.3 Å². The lowest BCUT2D eigenvalue weighted by atomic mass is 9.76. The van der Waals surface area contributed by atoms with E-state index in [0.717, 1.165) is 36.2 Å². The Bertz CT molecular complexity index is 955. The van der Waals surface area contributed by atoms with Crippen molar-refractivity contribution in [2.24, 2.45) is 23.2 Å². The molecule has 1 amide bonds. The molecule has 4 bridgehead atoms. The first kappa shape index (κ1) is 20.5. The zero-order valence-corrected chi connectivity index (χ0v) is 18.5. The van der Waals surface area contributed by atoms with Crippen LogP contribution < -0.4 is 10.1 Å². The molecule has 6 fully saturated rings. The molecular weight excluding hydrogens is 413 g/mol. The molecule has 1 aromatic rings.